The first kappa shape index (κ1) is 18.2. The smallest absolute Gasteiger partial charge is 0.255 e. The van der Waals surface area contributed by atoms with E-state index in [1.165, 1.54) is 20.2 Å². The summed E-state index contributed by atoms with van der Waals surface area (Å²) in [6, 6.07) is 9.71. The fourth-order valence-corrected chi connectivity index (χ4v) is 3.68. The molecule has 1 aliphatic heterocycles. The van der Waals surface area contributed by atoms with E-state index in [-0.39, 0.29) is 10.8 Å². The van der Waals surface area contributed by atoms with Crippen LogP contribution in [0, 0.1) is 6.92 Å². The van der Waals surface area contributed by atoms with Crippen LogP contribution in [0.2, 0.25) is 0 Å². The van der Waals surface area contributed by atoms with E-state index in [9.17, 15) is 13.2 Å². The molecule has 0 spiro atoms. The van der Waals surface area contributed by atoms with Crippen molar-refractivity contribution in [1.82, 2.24) is 4.31 Å². The van der Waals surface area contributed by atoms with Gasteiger partial charge in [-0.3, -0.25) is 4.79 Å². The first-order valence-electron chi connectivity index (χ1n) is 8.03. The summed E-state index contributed by atoms with van der Waals surface area (Å²) in [5.41, 5.74) is 1.40. The molecule has 0 radical (unpaired) electrons. The molecule has 0 fully saturated rings. The van der Waals surface area contributed by atoms with E-state index in [1.54, 1.807) is 37.3 Å². The molecule has 0 unspecified atom stereocenters. The highest BCUT2D eigenvalue weighted by atomic mass is 32.2. The van der Waals surface area contributed by atoms with Crippen molar-refractivity contribution in [2.45, 2.75) is 11.8 Å². The van der Waals surface area contributed by atoms with E-state index >= 15 is 0 Å². The second kappa shape index (κ2) is 6.97. The summed E-state index contributed by atoms with van der Waals surface area (Å²) in [6.45, 7) is 2.62. The molecule has 138 valence electrons. The fourth-order valence-electron chi connectivity index (χ4n) is 2.54. The third-order valence-electron chi connectivity index (χ3n) is 4.01. The molecule has 1 amide bonds. The molecule has 7 nitrogen and oxygen atoms in total. The van der Waals surface area contributed by atoms with Crippen LogP contribution >= 0.6 is 0 Å². The van der Waals surface area contributed by atoms with Gasteiger partial charge in [-0.25, -0.2) is 12.7 Å². The van der Waals surface area contributed by atoms with E-state index < -0.39 is 10.0 Å². The SMILES string of the molecule is Cc1ccc(NC(=O)c2ccc3c(c2)OCCO3)cc1S(=O)(=O)N(C)C. The standard InChI is InChI=1S/C18H20N2O5S/c1-12-4-6-14(11-17(12)26(22,23)20(2)3)19-18(21)13-5-7-15-16(10-13)25-9-8-24-15/h4-7,10-11H,8-9H2,1-3H3,(H,19,21). The number of sulfonamides is 1. The van der Waals surface area contributed by atoms with Crippen LogP contribution in [0.1, 0.15) is 15.9 Å². The predicted molar refractivity (Wildman–Crippen MR) is 97.4 cm³/mol. The summed E-state index contributed by atoms with van der Waals surface area (Å²) in [7, 11) is -0.662. The van der Waals surface area contributed by atoms with Gasteiger partial charge in [0.15, 0.2) is 11.5 Å². The summed E-state index contributed by atoms with van der Waals surface area (Å²) in [5.74, 6) is 0.755. The normalized spacial score (nSPS) is 13.5. The quantitative estimate of drug-likeness (QED) is 0.885. The van der Waals surface area contributed by atoms with Gasteiger partial charge in [-0.1, -0.05) is 6.07 Å². The highest BCUT2D eigenvalue weighted by molar-refractivity contribution is 7.89. The summed E-state index contributed by atoms with van der Waals surface area (Å²) in [5, 5.41) is 2.73. The van der Waals surface area contributed by atoms with Gasteiger partial charge >= 0.3 is 0 Å². The van der Waals surface area contributed by atoms with Gasteiger partial charge in [-0.15, -0.1) is 0 Å². The average Bonchev–Trinajstić information content (AvgIpc) is 2.62. The number of fused-ring (bicyclic) bond motifs is 1. The van der Waals surface area contributed by atoms with Crippen LogP contribution in [0.15, 0.2) is 41.3 Å². The molecule has 3 rings (SSSR count). The minimum absolute atomic E-state index is 0.155. The second-order valence-electron chi connectivity index (χ2n) is 6.08. The molecule has 2 aromatic rings. The molecule has 0 aromatic heterocycles. The molecule has 0 atom stereocenters. The van der Waals surface area contributed by atoms with Gasteiger partial charge in [0.25, 0.3) is 5.91 Å². The van der Waals surface area contributed by atoms with Crippen molar-refractivity contribution < 1.29 is 22.7 Å². The minimum Gasteiger partial charge on any atom is -0.486 e. The largest absolute Gasteiger partial charge is 0.486 e. The van der Waals surface area contributed by atoms with Crippen LogP contribution in [-0.4, -0.2) is 45.9 Å². The van der Waals surface area contributed by atoms with Crippen LogP contribution in [0.5, 0.6) is 11.5 Å². The van der Waals surface area contributed by atoms with Gasteiger partial charge in [0, 0.05) is 25.3 Å². The Balaban J connectivity index is 1.86. The lowest BCUT2D eigenvalue weighted by Crippen LogP contribution is -2.23. The zero-order valence-electron chi connectivity index (χ0n) is 14.8. The number of carbonyl (C=O) groups is 1. The maximum Gasteiger partial charge on any atom is 0.255 e. The fraction of sp³-hybridized carbons (Fsp3) is 0.278. The van der Waals surface area contributed by atoms with Gasteiger partial charge < -0.3 is 14.8 Å². The number of hydrogen-bond acceptors (Lipinski definition) is 5. The van der Waals surface area contributed by atoms with Gasteiger partial charge in [0.05, 0.1) is 4.90 Å². The predicted octanol–water partition coefficient (Wildman–Crippen LogP) is 2.27. The zero-order valence-corrected chi connectivity index (χ0v) is 15.6. The molecule has 1 aliphatic rings. The van der Waals surface area contributed by atoms with Gasteiger partial charge in [-0.2, -0.15) is 0 Å². The highest BCUT2D eigenvalue weighted by Crippen LogP contribution is 2.31. The molecule has 1 N–H and O–H groups in total. The molecule has 2 aromatic carbocycles. The lowest BCUT2D eigenvalue weighted by Gasteiger charge is -2.19. The Hall–Kier alpha value is -2.58. The molecule has 0 saturated carbocycles. The van der Waals surface area contributed by atoms with E-state index in [2.05, 4.69) is 5.32 Å². The molecule has 0 aliphatic carbocycles. The summed E-state index contributed by atoms with van der Waals surface area (Å²) < 4.78 is 36.9. The van der Waals surface area contributed by atoms with Crippen molar-refractivity contribution in [2.75, 3.05) is 32.6 Å². The minimum atomic E-state index is -3.60. The number of carbonyl (C=O) groups excluding carboxylic acids is 1. The number of hydrogen-bond donors (Lipinski definition) is 1. The molecule has 1 heterocycles. The van der Waals surface area contributed by atoms with Crippen molar-refractivity contribution in [1.29, 1.82) is 0 Å². The second-order valence-corrected chi connectivity index (χ2v) is 8.20. The van der Waals surface area contributed by atoms with Crippen LogP contribution in [0.25, 0.3) is 0 Å². The number of rotatable bonds is 4. The van der Waals surface area contributed by atoms with E-state index in [0.717, 1.165) is 4.31 Å². The van der Waals surface area contributed by atoms with E-state index in [4.69, 9.17) is 9.47 Å². The zero-order chi connectivity index (χ0) is 18.9. The molecule has 0 bridgehead atoms. The van der Waals surface area contributed by atoms with Crippen molar-refractivity contribution >= 4 is 21.6 Å². The number of nitrogens with zero attached hydrogens (tertiary/aromatic N) is 1. The van der Waals surface area contributed by atoms with Gasteiger partial charge in [0.2, 0.25) is 10.0 Å². The molecule has 8 heteroatoms. The average molecular weight is 376 g/mol. The van der Waals surface area contributed by atoms with E-state index in [1.807, 2.05) is 0 Å². The number of aryl methyl sites for hydroxylation is 1. The Bertz CT molecular complexity index is 954. The first-order chi connectivity index (χ1) is 12.3. The van der Waals surface area contributed by atoms with Crippen LogP contribution in [0.4, 0.5) is 5.69 Å². The maximum absolute atomic E-state index is 12.5. The monoisotopic (exact) mass is 376 g/mol. The summed E-state index contributed by atoms with van der Waals surface area (Å²) in [6.07, 6.45) is 0. The molecular weight excluding hydrogens is 356 g/mol. The molecule has 26 heavy (non-hydrogen) atoms. The lowest BCUT2D eigenvalue weighted by atomic mass is 10.1. The highest BCUT2D eigenvalue weighted by Gasteiger charge is 2.21. The number of anilines is 1. The first-order valence-corrected chi connectivity index (χ1v) is 9.47. The summed E-state index contributed by atoms with van der Waals surface area (Å²) >= 11 is 0. The maximum atomic E-state index is 12.5. The van der Waals surface area contributed by atoms with Crippen LogP contribution in [0.3, 0.4) is 0 Å². The molecular formula is C18H20N2O5S. The Labute approximate surface area is 152 Å². The molecule has 0 saturated heterocycles. The van der Waals surface area contributed by atoms with Crippen molar-refractivity contribution in [3.63, 3.8) is 0 Å². The topological polar surface area (TPSA) is 84.9 Å². The third-order valence-corrected chi connectivity index (χ3v) is 5.97. The number of benzene rings is 2. The summed E-state index contributed by atoms with van der Waals surface area (Å²) in [4.78, 5) is 12.7. The Morgan fingerprint density at radius 2 is 1.73 bits per heavy atom. The van der Waals surface area contributed by atoms with Crippen molar-refractivity contribution in [3.05, 3.63) is 47.5 Å². The lowest BCUT2D eigenvalue weighted by molar-refractivity contribution is 0.102. The van der Waals surface area contributed by atoms with Gasteiger partial charge in [-0.05, 0) is 42.8 Å². The van der Waals surface area contributed by atoms with Gasteiger partial charge in [0.1, 0.15) is 13.2 Å². The van der Waals surface area contributed by atoms with E-state index in [0.29, 0.717) is 41.5 Å². The number of ether oxygens (including phenoxy) is 2. The van der Waals surface area contributed by atoms with Crippen molar-refractivity contribution in [2.24, 2.45) is 0 Å². The van der Waals surface area contributed by atoms with Crippen molar-refractivity contribution in [3.8, 4) is 11.5 Å². The number of amides is 1. The Kier molecular flexibility index (Phi) is 4.88. The third kappa shape index (κ3) is 3.51. The van der Waals surface area contributed by atoms with Crippen LogP contribution < -0.4 is 14.8 Å². The Morgan fingerprint density at radius 1 is 1.04 bits per heavy atom. The van der Waals surface area contributed by atoms with Crippen LogP contribution in [-0.2, 0) is 10.0 Å². The Morgan fingerprint density at radius 3 is 2.42 bits per heavy atom. The number of nitrogens with one attached hydrogen (secondary N) is 1.